The van der Waals surface area contributed by atoms with Crippen LogP contribution in [0.5, 0.6) is 0 Å². The first-order chi connectivity index (χ1) is 9.28. The average Bonchev–Trinajstić information content (AvgIpc) is 3.03. The standard InChI is InChI=1S/C14H22ClN3S/c1-11(14-16-12(8-15)10-19-14)18-7-3-6-17-5-2-4-13(17)9-18/h10-11,13H,2-9H2,1H3. The zero-order valence-electron chi connectivity index (χ0n) is 11.5. The number of hydrogen-bond acceptors (Lipinski definition) is 4. The van der Waals surface area contributed by atoms with Crippen molar-refractivity contribution in [1.29, 1.82) is 0 Å². The van der Waals surface area contributed by atoms with Gasteiger partial charge in [-0.1, -0.05) is 0 Å². The van der Waals surface area contributed by atoms with Gasteiger partial charge in [0.05, 0.1) is 17.6 Å². The van der Waals surface area contributed by atoms with Gasteiger partial charge >= 0.3 is 0 Å². The molecule has 2 aliphatic rings. The summed E-state index contributed by atoms with van der Waals surface area (Å²) in [7, 11) is 0. The van der Waals surface area contributed by atoms with Gasteiger partial charge in [0.25, 0.3) is 0 Å². The van der Waals surface area contributed by atoms with Crippen LogP contribution in [0, 0.1) is 0 Å². The van der Waals surface area contributed by atoms with Crippen molar-refractivity contribution in [3.05, 3.63) is 16.1 Å². The second-order valence-corrected chi connectivity index (χ2v) is 6.82. The fraction of sp³-hybridized carbons (Fsp3) is 0.786. The summed E-state index contributed by atoms with van der Waals surface area (Å²) in [4.78, 5) is 9.95. The number of nitrogens with zero attached hydrogens (tertiary/aromatic N) is 3. The smallest absolute Gasteiger partial charge is 0.110 e. The summed E-state index contributed by atoms with van der Waals surface area (Å²) in [6, 6.07) is 1.21. The molecule has 0 saturated carbocycles. The van der Waals surface area contributed by atoms with Crippen molar-refractivity contribution in [3.8, 4) is 0 Å². The van der Waals surface area contributed by atoms with Crippen LogP contribution in [0.15, 0.2) is 5.38 Å². The Morgan fingerprint density at radius 2 is 2.26 bits per heavy atom. The van der Waals surface area contributed by atoms with Gasteiger partial charge in [0.15, 0.2) is 0 Å². The Bertz CT molecular complexity index is 423. The first-order valence-electron chi connectivity index (χ1n) is 7.26. The van der Waals surface area contributed by atoms with E-state index < -0.39 is 0 Å². The van der Waals surface area contributed by atoms with E-state index >= 15 is 0 Å². The van der Waals surface area contributed by atoms with Crippen molar-refractivity contribution in [2.75, 3.05) is 26.2 Å². The Morgan fingerprint density at radius 1 is 1.42 bits per heavy atom. The Hall–Kier alpha value is -0.160. The zero-order chi connectivity index (χ0) is 13.2. The van der Waals surface area contributed by atoms with Gasteiger partial charge in [-0.25, -0.2) is 4.98 Å². The summed E-state index contributed by atoms with van der Waals surface area (Å²) in [6.07, 6.45) is 4.03. The predicted octanol–water partition coefficient (Wildman–Crippen LogP) is 3.11. The van der Waals surface area contributed by atoms with Crippen LogP contribution in [-0.4, -0.2) is 47.0 Å². The lowest BCUT2D eigenvalue weighted by Gasteiger charge is -2.29. The van der Waals surface area contributed by atoms with Gasteiger partial charge in [-0.2, -0.15) is 0 Å². The normalized spacial score (nSPS) is 27.2. The molecule has 0 bridgehead atoms. The van der Waals surface area contributed by atoms with Crippen LogP contribution in [0.4, 0.5) is 0 Å². The van der Waals surface area contributed by atoms with E-state index in [-0.39, 0.29) is 0 Å². The third-order valence-corrected chi connectivity index (χ3v) is 5.78. The summed E-state index contributed by atoms with van der Waals surface area (Å²) < 4.78 is 0. The van der Waals surface area contributed by atoms with Gasteiger partial charge in [-0.3, -0.25) is 9.80 Å². The van der Waals surface area contributed by atoms with E-state index in [0.717, 1.165) is 11.7 Å². The number of alkyl halides is 1. The van der Waals surface area contributed by atoms with Crippen molar-refractivity contribution >= 4 is 22.9 Å². The van der Waals surface area contributed by atoms with Crippen molar-refractivity contribution < 1.29 is 0 Å². The highest BCUT2D eigenvalue weighted by atomic mass is 35.5. The molecule has 1 aromatic rings. The van der Waals surface area contributed by atoms with E-state index in [9.17, 15) is 0 Å². The molecule has 2 aliphatic heterocycles. The Labute approximate surface area is 124 Å². The molecule has 0 radical (unpaired) electrons. The molecular weight excluding hydrogens is 278 g/mol. The Kier molecular flexibility index (Phi) is 4.42. The molecule has 2 fully saturated rings. The minimum Gasteiger partial charge on any atom is -0.299 e. The number of thiazole rings is 1. The number of halogens is 1. The largest absolute Gasteiger partial charge is 0.299 e. The second kappa shape index (κ2) is 6.08. The lowest BCUT2D eigenvalue weighted by molar-refractivity contribution is 0.182. The van der Waals surface area contributed by atoms with E-state index in [4.69, 9.17) is 11.6 Å². The minimum atomic E-state index is 0.433. The van der Waals surface area contributed by atoms with E-state index in [0.29, 0.717) is 11.9 Å². The molecule has 106 valence electrons. The fourth-order valence-corrected chi connectivity index (χ4v) is 4.46. The van der Waals surface area contributed by atoms with Gasteiger partial charge in [-0.05, 0) is 39.3 Å². The highest BCUT2D eigenvalue weighted by Crippen LogP contribution is 2.29. The molecule has 0 amide bonds. The number of fused-ring (bicyclic) bond motifs is 1. The van der Waals surface area contributed by atoms with Crippen LogP contribution >= 0.6 is 22.9 Å². The maximum Gasteiger partial charge on any atom is 0.110 e. The summed E-state index contributed by atoms with van der Waals surface area (Å²) in [5, 5.41) is 3.32. The van der Waals surface area contributed by atoms with Gasteiger partial charge < -0.3 is 0 Å². The lowest BCUT2D eigenvalue weighted by atomic mass is 10.2. The summed E-state index contributed by atoms with van der Waals surface area (Å²) in [5.41, 5.74) is 1.02. The molecule has 3 nitrogen and oxygen atoms in total. The molecule has 2 unspecified atom stereocenters. The zero-order valence-corrected chi connectivity index (χ0v) is 13.1. The lowest BCUT2D eigenvalue weighted by Crippen LogP contribution is -2.37. The van der Waals surface area contributed by atoms with E-state index in [1.165, 1.54) is 50.4 Å². The second-order valence-electron chi connectivity index (χ2n) is 5.67. The number of aromatic nitrogens is 1. The van der Waals surface area contributed by atoms with E-state index in [2.05, 4.69) is 27.1 Å². The highest BCUT2D eigenvalue weighted by molar-refractivity contribution is 7.09. The van der Waals surface area contributed by atoms with Gasteiger partial charge in [0.2, 0.25) is 0 Å². The minimum absolute atomic E-state index is 0.433. The first kappa shape index (κ1) is 13.8. The molecule has 0 N–H and O–H groups in total. The Morgan fingerprint density at radius 3 is 3.05 bits per heavy atom. The van der Waals surface area contributed by atoms with Crippen LogP contribution in [-0.2, 0) is 5.88 Å². The highest BCUT2D eigenvalue weighted by Gasteiger charge is 2.31. The molecule has 0 spiro atoms. The SMILES string of the molecule is CC(c1nc(CCl)cs1)N1CCCN2CCCC2C1. The molecule has 3 rings (SSSR count). The molecule has 0 aliphatic carbocycles. The maximum atomic E-state index is 5.85. The molecule has 2 atom stereocenters. The molecule has 5 heteroatoms. The average molecular weight is 300 g/mol. The third kappa shape index (κ3) is 2.97. The van der Waals surface area contributed by atoms with Gasteiger partial charge in [-0.15, -0.1) is 22.9 Å². The quantitative estimate of drug-likeness (QED) is 0.800. The Balaban J connectivity index is 1.69. The van der Waals surface area contributed by atoms with Crippen molar-refractivity contribution in [2.24, 2.45) is 0 Å². The maximum absolute atomic E-state index is 5.85. The van der Waals surface area contributed by atoms with E-state index in [1.807, 2.05) is 0 Å². The van der Waals surface area contributed by atoms with Crippen molar-refractivity contribution in [2.45, 2.75) is 44.1 Å². The van der Waals surface area contributed by atoms with Crippen LogP contribution in [0.2, 0.25) is 0 Å². The van der Waals surface area contributed by atoms with Crippen LogP contribution < -0.4 is 0 Å². The summed E-state index contributed by atoms with van der Waals surface area (Å²) >= 11 is 7.61. The van der Waals surface area contributed by atoms with E-state index in [1.54, 1.807) is 11.3 Å². The molecule has 1 aromatic heterocycles. The first-order valence-corrected chi connectivity index (χ1v) is 8.67. The number of rotatable bonds is 3. The van der Waals surface area contributed by atoms with Crippen LogP contribution in [0.1, 0.15) is 42.9 Å². The molecular formula is C14H22ClN3S. The van der Waals surface area contributed by atoms with Crippen LogP contribution in [0.3, 0.4) is 0 Å². The monoisotopic (exact) mass is 299 g/mol. The number of hydrogen-bond donors (Lipinski definition) is 0. The van der Waals surface area contributed by atoms with Gasteiger partial charge in [0.1, 0.15) is 5.01 Å². The summed E-state index contributed by atoms with van der Waals surface area (Å²) in [5.74, 6) is 0.527. The van der Waals surface area contributed by atoms with Gasteiger partial charge in [0, 0.05) is 24.5 Å². The third-order valence-electron chi connectivity index (χ3n) is 4.45. The van der Waals surface area contributed by atoms with Crippen molar-refractivity contribution in [3.63, 3.8) is 0 Å². The molecule has 3 heterocycles. The topological polar surface area (TPSA) is 19.4 Å². The fourth-order valence-electron chi connectivity index (χ4n) is 3.32. The summed E-state index contributed by atoms with van der Waals surface area (Å²) in [6.45, 7) is 7.28. The molecule has 0 aromatic carbocycles. The predicted molar refractivity (Wildman–Crippen MR) is 80.9 cm³/mol. The van der Waals surface area contributed by atoms with Crippen molar-refractivity contribution in [1.82, 2.24) is 14.8 Å². The van der Waals surface area contributed by atoms with Crippen LogP contribution in [0.25, 0.3) is 0 Å². The molecule has 2 saturated heterocycles. The molecule has 19 heavy (non-hydrogen) atoms.